The Morgan fingerprint density at radius 3 is 2.29 bits per heavy atom. The zero-order valence-electron chi connectivity index (χ0n) is 17.1. The van der Waals surface area contributed by atoms with Gasteiger partial charge in [0.05, 0.1) is 18.1 Å². The average Bonchev–Trinajstić information content (AvgIpc) is 2.78. The largest absolute Gasteiger partial charge is 0.497 e. The van der Waals surface area contributed by atoms with Crippen molar-refractivity contribution in [1.29, 1.82) is 0 Å². The lowest BCUT2D eigenvalue weighted by molar-refractivity contribution is -0.136. The number of hydrogen-bond acceptors (Lipinski definition) is 6. The Hall–Kier alpha value is -4.06. The summed E-state index contributed by atoms with van der Waals surface area (Å²) in [6.45, 7) is 1.48. The van der Waals surface area contributed by atoms with E-state index in [1.165, 1.54) is 6.07 Å². The van der Waals surface area contributed by atoms with Gasteiger partial charge >= 0.3 is 5.97 Å². The van der Waals surface area contributed by atoms with Crippen LogP contribution in [0.1, 0.15) is 5.76 Å². The second kappa shape index (κ2) is 8.75. The molecule has 0 aliphatic carbocycles. The van der Waals surface area contributed by atoms with Crippen molar-refractivity contribution in [2.45, 2.75) is 6.92 Å². The summed E-state index contributed by atoms with van der Waals surface area (Å²) in [5, 5.41) is 0.415. The highest BCUT2D eigenvalue weighted by molar-refractivity contribution is 5.84. The summed E-state index contributed by atoms with van der Waals surface area (Å²) in [6.07, 6.45) is 0. The Morgan fingerprint density at radius 2 is 1.58 bits per heavy atom. The minimum atomic E-state index is -0.574. The normalized spacial score (nSPS) is 10.6. The fraction of sp³-hybridized carbons (Fsp3) is 0.120. The van der Waals surface area contributed by atoms with Crippen LogP contribution in [-0.2, 0) is 4.79 Å². The molecule has 0 saturated heterocycles. The maximum atomic E-state index is 13.0. The van der Waals surface area contributed by atoms with Gasteiger partial charge in [-0.05, 0) is 48.9 Å². The SMILES string of the molecule is COc1ccc(OCC(=O)Oc2ccc3c(=O)c(-c4ccccc4)c(C)oc3c2)cc1. The summed E-state index contributed by atoms with van der Waals surface area (Å²) in [7, 11) is 1.57. The molecule has 156 valence electrons. The van der Waals surface area contributed by atoms with Crippen LogP contribution in [0.4, 0.5) is 0 Å². The van der Waals surface area contributed by atoms with Crippen LogP contribution in [0.2, 0.25) is 0 Å². The van der Waals surface area contributed by atoms with Gasteiger partial charge in [0.25, 0.3) is 0 Å². The third-order valence-electron chi connectivity index (χ3n) is 4.75. The summed E-state index contributed by atoms with van der Waals surface area (Å²) in [4.78, 5) is 25.1. The van der Waals surface area contributed by atoms with E-state index in [0.717, 1.165) is 5.56 Å². The minimum Gasteiger partial charge on any atom is -0.497 e. The molecule has 31 heavy (non-hydrogen) atoms. The number of fused-ring (bicyclic) bond motifs is 1. The molecule has 0 radical (unpaired) electrons. The number of aryl methyl sites for hydroxylation is 1. The predicted molar refractivity (Wildman–Crippen MR) is 117 cm³/mol. The maximum absolute atomic E-state index is 13.0. The second-order valence-electron chi connectivity index (χ2n) is 6.82. The average molecular weight is 416 g/mol. The maximum Gasteiger partial charge on any atom is 0.349 e. The number of benzene rings is 3. The lowest BCUT2D eigenvalue weighted by Crippen LogP contribution is -2.17. The molecule has 0 fully saturated rings. The van der Waals surface area contributed by atoms with Crippen LogP contribution >= 0.6 is 0 Å². The van der Waals surface area contributed by atoms with Gasteiger partial charge in [0, 0.05) is 6.07 Å². The van der Waals surface area contributed by atoms with Crippen molar-refractivity contribution in [3.63, 3.8) is 0 Å². The highest BCUT2D eigenvalue weighted by Crippen LogP contribution is 2.26. The molecule has 1 aromatic heterocycles. The summed E-state index contributed by atoms with van der Waals surface area (Å²) in [6, 6.07) is 20.9. The Bertz CT molecular complexity index is 1270. The molecule has 3 aromatic carbocycles. The molecular formula is C25H20O6. The fourth-order valence-electron chi connectivity index (χ4n) is 3.26. The van der Waals surface area contributed by atoms with E-state index in [4.69, 9.17) is 18.6 Å². The summed E-state index contributed by atoms with van der Waals surface area (Å²) in [5.74, 6) is 1.40. The van der Waals surface area contributed by atoms with Crippen molar-refractivity contribution in [2.24, 2.45) is 0 Å². The monoisotopic (exact) mass is 416 g/mol. The quantitative estimate of drug-likeness (QED) is 0.333. The van der Waals surface area contributed by atoms with Gasteiger partial charge in [0.15, 0.2) is 6.61 Å². The van der Waals surface area contributed by atoms with Crippen LogP contribution in [0.15, 0.2) is 82.0 Å². The van der Waals surface area contributed by atoms with Crippen LogP contribution < -0.4 is 19.6 Å². The molecule has 0 aliphatic rings. The van der Waals surface area contributed by atoms with Gasteiger partial charge in [-0.1, -0.05) is 30.3 Å². The van der Waals surface area contributed by atoms with Crippen LogP contribution in [0, 0.1) is 6.92 Å². The summed E-state index contributed by atoms with van der Waals surface area (Å²) >= 11 is 0. The first-order chi connectivity index (χ1) is 15.0. The Labute approximate surface area is 178 Å². The smallest absolute Gasteiger partial charge is 0.349 e. The van der Waals surface area contributed by atoms with Crippen molar-refractivity contribution in [2.75, 3.05) is 13.7 Å². The molecule has 4 rings (SSSR count). The highest BCUT2D eigenvalue weighted by Gasteiger charge is 2.15. The number of hydrogen-bond donors (Lipinski definition) is 0. The predicted octanol–water partition coefficient (Wildman–Crippen LogP) is 4.76. The van der Waals surface area contributed by atoms with Crippen LogP contribution in [0.3, 0.4) is 0 Å². The number of ether oxygens (including phenoxy) is 3. The number of carbonyl (C=O) groups is 1. The molecule has 0 N–H and O–H groups in total. The zero-order chi connectivity index (χ0) is 21.8. The van der Waals surface area contributed by atoms with Crippen molar-refractivity contribution >= 4 is 16.9 Å². The number of carbonyl (C=O) groups excluding carboxylic acids is 1. The van der Waals surface area contributed by atoms with Gasteiger partial charge in [-0.2, -0.15) is 0 Å². The van der Waals surface area contributed by atoms with E-state index in [1.54, 1.807) is 50.4 Å². The second-order valence-corrected chi connectivity index (χ2v) is 6.82. The molecule has 4 aromatic rings. The van der Waals surface area contributed by atoms with Gasteiger partial charge in [-0.15, -0.1) is 0 Å². The Kier molecular flexibility index (Phi) is 5.71. The van der Waals surface area contributed by atoms with E-state index in [1.807, 2.05) is 30.3 Å². The topological polar surface area (TPSA) is 75.0 Å². The molecule has 0 atom stereocenters. The molecule has 0 unspecified atom stereocenters. The van der Waals surface area contributed by atoms with Crippen LogP contribution in [0.5, 0.6) is 17.2 Å². The molecule has 0 amide bonds. The molecule has 0 saturated carbocycles. The molecule has 6 heteroatoms. The molecule has 0 aliphatic heterocycles. The van der Waals surface area contributed by atoms with Crippen molar-refractivity contribution < 1.29 is 23.4 Å². The third kappa shape index (κ3) is 4.43. The molecule has 0 spiro atoms. The minimum absolute atomic E-state index is 0.134. The summed E-state index contributed by atoms with van der Waals surface area (Å²) < 4.78 is 21.7. The van der Waals surface area contributed by atoms with E-state index in [-0.39, 0.29) is 17.8 Å². The van der Waals surface area contributed by atoms with Crippen LogP contribution in [0.25, 0.3) is 22.1 Å². The first-order valence-corrected chi connectivity index (χ1v) is 9.65. The van der Waals surface area contributed by atoms with Crippen LogP contribution in [-0.4, -0.2) is 19.7 Å². The molecular weight excluding hydrogens is 396 g/mol. The van der Waals surface area contributed by atoms with E-state index in [2.05, 4.69) is 0 Å². The number of rotatable bonds is 6. The first-order valence-electron chi connectivity index (χ1n) is 9.65. The first kappa shape index (κ1) is 20.2. The van der Waals surface area contributed by atoms with E-state index >= 15 is 0 Å². The molecule has 6 nitrogen and oxygen atoms in total. The molecule has 0 bridgehead atoms. The van der Waals surface area contributed by atoms with Crippen molar-refractivity contribution in [3.05, 3.63) is 88.8 Å². The van der Waals surface area contributed by atoms with E-state index < -0.39 is 5.97 Å². The zero-order valence-corrected chi connectivity index (χ0v) is 17.1. The fourth-order valence-corrected chi connectivity index (χ4v) is 3.26. The van der Waals surface area contributed by atoms with E-state index in [0.29, 0.717) is 33.8 Å². The standard InChI is InChI=1S/C25H20O6/c1-16-24(17-6-4-3-5-7-17)25(27)21-13-12-20(14-22(21)30-16)31-23(26)15-29-19-10-8-18(28-2)9-11-19/h3-14H,15H2,1-2H3. The van der Waals surface area contributed by atoms with E-state index in [9.17, 15) is 9.59 Å². The number of methoxy groups -OCH3 is 1. The number of esters is 1. The lowest BCUT2D eigenvalue weighted by atomic mass is 10.0. The van der Waals surface area contributed by atoms with Gasteiger partial charge < -0.3 is 18.6 Å². The highest BCUT2D eigenvalue weighted by atomic mass is 16.6. The lowest BCUT2D eigenvalue weighted by Gasteiger charge is -2.09. The van der Waals surface area contributed by atoms with Crippen molar-refractivity contribution in [1.82, 2.24) is 0 Å². The van der Waals surface area contributed by atoms with Gasteiger partial charge in [-0.3, -0.25) is 4.79 Å². The van der Waals surface area contributed by atoms with Crippen molar-refractivity contribution in [3.8, 4) is 28.4 Å². The van der Waals surface area contributed by atoms with Gasteiger partial charge in [0.1, 0.15) is 28.6 Å². The van der Waals surface area contributed by atoms with Gasteiger partial charge in [0.2, 0.25) is 5.43 Å². The third-order valence-corrected chi connectivity index (χ3v) is 4.75. The summed E-state index contributed by atoms with van der Waals surface area (Å²) in [5.41, 5.74) is 1.53. The Balaban J connectivity index is 1.51. The van der Waals surface area contributed by atoms with Gasteiger partial charge in [-0.25, -0.2) is 4.79 Å². The molecule has 1 heterocycles. The Morgan fingerprint density at radius 1 is 0.903 bits per heavy atom.